The number of halogens is 1. The molecule has 0 aromatic heterocycles. The van der Waals surface area contributed by atoms with Crippen molar-refractivity contribution in [3.8, 4) is 5.75 Å². The number of nitrogens with zero attached hydrogens (tertiary/aromatic N) is 2. The molecule has 0 radical (unpaired) electrons. The highest BCUT2D eigenvalue weighted by atomic mass is 19.1. The number of benzene rings is 1. The number of hydrogen-bond donors (Lipinski definition) is 2. The molecule has 1 aromatic carbocycles. The number of nitrogens with two attached hydrogens (primary N) is 1. The molecular weight excluding hydrogens is 257 g/mol. The highest BCUT2D eigenvalue weighted by molar-refractivity contribution is 5.79. The maximum absolute atomic E-state index is 13.4. The van der Waals surface area contributed by atoms with Gasteiger partial charge >= 0.3 is 0 Å². The number of oxime groups is 1. The number of nitro benzene ring substituents is 1. The number of rotatable bonds is 7. The lowest BCUT2D eigenvalue weighted by molar-refractivity contribution is -0.385. The van der Waals surface area contributed by atoms with E-state index in [2.05, 4.69) is 5.16 Å². The van der Waals surface area contributed by atoms with E-state index in [9.17, 15) is 14.5 Å². The minimum absolute atomic E-state index is 0.0330. The normalized spacial score (nSPS) is 11.3. The predicted molar refractivity (Wildman–Crippen MR) is 65.8 cm³/mol. The van der Waals surface area contributed by atoms with Crippen LogP contribution < -0.4 is 10.5 Å². The fourth-order valence-electron chi connectivity index (χ4n) is 1.36. The van der Waals surface area contributed by atoms with Gasteiger partial charge in [-0.15, -0.1) is 0 Å². The van der Waals surface area contributed by atoms with E-state index in [4.69, 9.17) is 15.7 Å². The van der Waals surface area contributed by atoms with Crippen LogP contribution in [0.25, 0.3) is 0 Å². The van der Waals surface area contributed by atoms with E-state index in [0.717, 1.165) is 6.07 Å². The highest BCUT2D eigenvalue weighted by Crippen LogP contribution is 2.22. The second kappa shape index (κ2) is 7.14. The molecule has 104 valence electrons. The van der Waals surface area contributed by atoms with Crippen LogP contribution in [0.5, 0.6) is 5.75 Å². The third kappa shape index (κ3) is 4.78. The molecule has 3 N–H and O–H groups in total. The van der Waals surface area contributed by atoms with Crippen molar-refractivity contribution in [3.05, 3.63) is 34.1 Å². The standard InChI is InChI=1S/C11H14FN3O4/c12-9-7-8(15(17)18)4-5-10(9)19-6-2-1-3-11(13)14-16/h4-5,7,16H,1-3,6H2,(H2,13,14). The van der Waals surface area contributed by atoms with E-state index in [1.54, 1.807) is 0 Å². The molecular formula is C11H14FN3O4. The largest absolute Gasteiger partial charge is 0.491 e. The molecule has 0 saturated heterocycles. The van der Waals surface area contributed by atoms with Gasteiger partial charge < -0.3 is 15.7 Å². The molecule has 0 aliphatic rings. The van der Waals surface area contributed by atoms with Crippen molar-refractivity contribution >= 4 is 11.5 Å². The lowest BCUT2D eigenvalue weighted by Gasteiger charge is -2.06. The van der Waals surface area contributed by atoms with Gasteiger partial charge in [0, 0.05) is 12.5 Å². The van der Waals surface area contributed by atoms with Crippen LogP contribution in [0, 0.1) is 15.9 Å². The number of unbranched alkanes of at least 4 members (excludes halogenated alkanes) is 1. The van der Waals surface area contributed by atoms with Crippen LogP contribution in [0.4, 0.5) is 10.1 Å². The summed E-state index contributed by atoms with van der Waals surface area (Å²) < 4.78 is 18.5. The van der Waals surface area contributed by atoms with Gasteiger partial charge in [-0.25, -0.2) is 4.39 Å². The Bertz CT molecular complexity index is 479. The van der Waals surface area contributed by atoms with Crippen LogP contribution in [0.2, 0.25) is 0 Å². The van der Waals surface area contributed by atoms with Crippen LogP contribution >= 0.6 is 0 Å². The first-order chi connectivity index (χ1) is 9.04. The van der Waals surface area contributed by atoms with Crippen molar-refractivity contribution in [1.29, 1.82) is 0 Å². The average molecular weight is 271 g/mol. The number of nitro groups is 1. The second-order valence-corrected chi connectivity index (χ2v) is 3.77. The third-order valence-electron chi connectivity index (χ3n) is 2.34. The van der Waals surface area contributed by atoms with Crippen LogP contribution in [0.15, 0.2) is 23.4 Å². The summed E-state index contributed by atoms with van der Waals surface area (Å²) in [6, 6.07) is 3.21. The molecule has 0 unspecified atom stereocenters. The summed E-state index contributed by atoms with van der Waals surface area (Å²) in [4.78, 5) is 9.73. The molecule has 8 heteroatoms. The van der Waals surface area contributed by atoms with Gasteiger partial charge in [0.25, 0.3) is 5.69 Å². The molecule has 19 heavy (non-hydrogen) atoms. The molecule has 0 aliphatic carbocycles. The zero-order valence-corrected chi connectivity index (χ0v) is 10.1. The molecule has 0 fully saturated rings. The maximum atomic E-state index is 13.4. The lowest BCUT2D eigenvalue weighted by atomic mass is 10.2. The minimum atomic E-state index is -0.773. The molecule has 1 aromatic rings. The first-order valence-electron chi connectivity index (χ1n) is 5.57. The van der Waals surface area contributed by atoms with Crippen molar-refractivity contribution in [2.24, 2.45) is 10.9 Å². The van der Waals surface area contributed by atoms with E-state index in [1.807, 2.05) is 0 Å². The van der Waals surface area contributed by atoms with Gasteiger partial charge in [-0.1, -0.05) is 5.16 Å². The Morgan fingerprint density at radius 3 is 2.84 bits per heavy atom. The quantitative estimate of drug-likeness (QED) is 0.197. The topological polar surface area (TPSA) is 111 Å². The molecule has 0 saturated carbocycles. The van der Waals surface area contributed by atoms with Crippen molar-refractivity contribution in [2.45, 2.75) is 19.3 Å². The minimum Gasteiger partial charge on any atom is -0.491 e. The zero-order chi connectivity index (χ0) is 14.3. The molecule has 0 heterocycles. The third-order valence-corrected chi connectivity index (χ3v) is 2.34. The zero-order valence-electron chi connectivity index (χ0n) is 10.1. The van der Waals surface area contributed by atoms with Crippen molar-refractivity contribution in [1.82, 2.24) is 0 Å². The molecule has 0 bridgehead atoms. The van der Waals surface area contributed by atoms with E-state index in [1.165, 1.54) is 12.1 Å². The summed E-state index contributed by atoms with van der Waals surface area (Å²) in [5.41, 5.74) is 4.95. The number of hydrogen-bond acceptors (Lipinski definition) is 5. The predicted octanol–water partition coefficient (Wildman–Crippen LogP) is 2.03. The van der Waals surface area contributed by atoms with E-state index in [-0.39, 0.29) is 23.9 Å². The van der Waals surface area contributed by atoms with E-state index < -0.39 is 10.7 Å². The van der Waals surface area contributed by atoms with Gasteiger partial charge in [-0.2, -0.15) is 0 Å². The molecule has 7 nitrogen and oxygen atoms in total. The van der Waals surface area contributed by atoms with E-state index in [0.29, 0.717) is 19.3 Å². The van der Waals surface area contributed by atoms with Crippen LogP contribution in [0.1, 0.15) is 19.3 Å². The maximum Gasteiger partial charge on any atom is 0.272 e. The van der Waals surface area contributed by atoms with Gasteiger partial charge in [0.05, 0.1) is 17.6 Å². The van der Waals surface area contributed by atoms with Gasteiger partial charge in [0.15, 0.2) is 11.6 Å². The Morgan fingerprint density at radius 2 is 2.26 bits per heavy atom. The van der Waals surface area contributed by atoms with Crippen LogP contribution in [0.3, 0.4) is 0 Å². The molecule has 0 amide bonds. The van der Waals surface area contributed by atoms with Gasteiger partial charge in [-0.3, -0.25) is 10.1 Å². The van der Waals surface area contributed by atoms with Gasteiger partial charge in [0.1, 0.15) is 5.84 Å². The summed E-state index contributed by atoms with van der Waals surface area (Å²) >= 11 is 0. The van der Waals surface area contributed by atoms with Gasteiger partial charge in [0.2, 0.25) is 0 Å². The summed E-state index contributed by atoms with van der Waals surface area (Å²) in [6.07, 6.45) is 1.64. The Morgan fingerprint density at radius 1 is 1.53 bits per heavy atom. The Labute approximate surface area is 108 Å². The van der Waals surface area contributed by atoms with Gasteiger partial charge in [-0.05, 0) is 18.9 Å². The highest BCUT2D eigenvalue weighted by Gasteiger charge is 2.11. The Balaban J connectivity index is 2.40. The first-order valence-corrected chi connectivity index (χ1v) is 5.57. The second-order valence-electron chi connectivity index (χ2n) is 3.77. The summed E-state index contributed by atoms with van der Waals surface area (Å²) in [6.45, 7) is 0.243. The summed E-state index contributed by atoms with van der Waals surface area (Å²) in [7, 11) is 0. The summed E-state index contributed by atoms with van der Waals surface area (Å²) in [5.74, 6) is -0.679. The molecule has 0 spiro atoms. The summed E-state index contributed by atoms with van der Waals surface area (Å²) in [5, 5.41) is 21.5. The number of ether oxygens (including phenoxy) is 1. The molecule has 0 atom stereocenters. The Kier molecular flexibility index (Phi) is 5.52. The van der Waals surface area contributed by atoms with Crippen molar-refractivity contribution in [2.75, 3.05) is 6.61 Å². The number of non-ortho nitro benzene ring substituents is 1. The monoisotopic (exact) mass is 271 g/mol. The number of amidine groups is 1. The van der Waals surface area contributed by atoms with Crippen molar-refractivity contribution in [3.63, 3.8) is 0 Å². The van der Waals surface area contributed by atoms with E-state index >= 15 is 0 Å². The SMILES string of the molecule is N/C(CCCCOc1ccc([N+](=O)[O-])cc1F)=N/O. The first kappa shape index (κ1) is 14.7. The van der Waals surface area contributed by atoms with Crippen LogP contribution in [-0.4, -0.2) is 22.6 Å². The Hall–Kier alpha value is -2.38. The van der Waals surface area contributed by atoms with Crippen molar-refractivity contribution < 1.29 is 19.3 Å². The fourth-order valence-corrected chi connectivity index (χ4v) is 1.36. The smallest absolute Gasteiger partial charge is 0.272 e. The molecule has 0 aliphatic heterocycles. The average Bonchev–Trinajstić information content (AvgIpc) is 2.39. The molecule has 1 rings (SSSR count). The fraction of sp³-hybridized carbons (Fsp3) is 0.364. The lowest BCUT2D eigenvalue weighted by Crippen LogP contribution is -2.11. The van der Waals surface area contributed by atoms with Crippen LogP contribution in [-0.2, 0) is 0 Å².